The van der Waals surface area contributed by atoms with Gasteiger partial charge in [0.25, 0.3) is 0 Å². The molecule has 0 aliphatic rings. The van der Waals surface area contributed by atoms with Crippen molar-refractivity contribution >= 4 is 35.6 Å². The second-order valence-corrected chi connectivity index (χ2v) is 7.28. The van der Waals surface area contributed by atoms with E-state index in [1.807, 2.05) is 74.5 Å². The lowest BCUT2D eigenvalue weighted by Gasteiger charge is -2.01. The van der Waals surface area contributed by atoms with Crippen LogP contribution in [0.15, 0.2) is 70.9 Å². The molecule has 2 aromatic heterocycles. The number of hydrogen-bond donors (Lipinski definition) is 0. The third-order valence-corrected chi connectivity index (χ3v) is 5.27. The Morgan fingerprint density at radius 2 is 1.03 bits per heavy atom. The first kappa shape index (κ1) is 20.1. The zero-order valence-electron chi connectivity index (χ0n) is 16.4. The topological polar surface area (TPSA) is 60.4 Å². The third kappa shape index (κ3) is 3.92. The lowest BCUT2D eigenvalue weighted by Crippen LogP contribution is -1.96. The van der Waals surface area contributed by atoms with Gasteiger partial charge < -0.3 is 0 Å². The molecule has 0 unspecified atom stereocenters. The maximum Gasteiger partial charge on any atom is 0.142 e. The fourth-order valence-corrected chi connectivity index (χ4v) is 3.62. The van der Waals surface area contributed by atoms with Gasteiger partial charge in [0.15, 0.2) is 0 Å². The summed E-state index contributed by atoms with van der Waals surface area (Å²) in [6.07, 6.45) is 3.18. The summed E-state index contributed by atoms with van der Waals surface area (Å²) in [6.45, 7) is 3.75. The third-order valence-electron chi connectivity index (χ3n) is 4.54. The number of para-hydroxylation sites is 2. The van der Waals surface area contributed by atoms with Crippen LogP contribution in [-0.4, -0.2) is 32.0 Å². The van der Waals surface area contributed by atoms with Crippen molar-refractivity contribution in [3.8, 4) is 11.4 Å². The van der Waals surface area contributed by atoms with E-state index in [0.717, 1.165) is 22.8 Å². The zero-order valence-corrected chi connectivity index (χ0v) is 17.9. The van der Waals surface area contributed by atoms with Crippen LogP contribution in [0.1, 0.15) is 22.5 Å². The fraction of sp³-hybridized carbons (Fsp3) is 0.0909. The van der Waals surface area contributed by atoms with Crippen molar-refractivity contribution in [3.63, 3.8) is 0 Å². The van der Waals surface area contributed by atoms with Crippen molar-refractivity contribution < 1.29 is 0 Å². The van der Waals surface area contributed by atoms with E-state index in [1.54, 1.807) is 21.8 Å². The van der Waals surface area contributed by atoms with Crippen LogP contribution in [-0.2, 0) is 0 Å². The minimum absolute atomic E-state index is 0.476. The standard InChI is InChI=1S/C22H18Cl2N6/c1-15-19(21(23)29(27-15)17-9-5-3-6-10-17)13-25-26-14-20-16(2)28-30(22(20)24)18-11-7-4-8-12-18/h3-14H,1-2H3/b25-13+,26-14+. The van der Waals surface area contributed by atoms with Crippen LogP contribution in [0.4, 0.5) is 0 Å². The van der Waals surface area contributed by atoms with Gasteiger partial charge in [-0.05, 0) is 38.1 Å². The van der Waals surface area contributed by atoms with Crippen molar-refractivity contribution in [1.29, 1.82) is 0 Å². The van der Waals surface area contributed by atoms with Crippen LogP contribution in [0, 0.1) is 13.8 Å². The van der Waals surface area contributed by atoms with Crippen LogP contribution in [0.3, 0.4) is 0 Å². The molecule has 6 nitrogen and oxygen atoms in total. The average Bonchev–Trinajstić information content (AvgIpc) is 3.22. The monoisotopic (exact) mass is 436 g/mol. The molecule has 4 rings (SSSR count). The Bertz CT molecular complexity index is 1130. The Hall–Kier alpha value is -3.22. The number of benzene rings is 2. The average molecular weight is 437 g/mol. The van der Waals surface area contributed by atoms with E-state index in [4.69, 9.17) is 23.2 Å². The van der Waals surface area contributed by atoms with Gasteiger partial charge in [0.1, 0.15) is 10.3 Å². The van der Waals surface area contributed by atoms with E-state index < -0.39 is 0 Å². The number of aromatic nitrogens is 4. The molecule has 0 atom stereocenters. The number of aryl methyl sites for hydroxylation is 2. The smallest absolute Gasteiger partial charge is 0.142 e. The first-order chi connectivity index (χ1) is 14.6. The molecule has 0 N–H and O–H groups in total. The van der Waals surface area contributed by atoms with Crippen molar-refractivity contribution in [2.75, 3.05) is 0 Å². The number of hydrogen-bond acceptors (Lipinski definition) is 4. The molecule has 2 heterocycles. The van der Waals surface area contributed by atoms with Crippen LogP contribution >= 0.6 is 23.2 Å². The van der Waals surface area contributed by atoms with Gasteiger partial charge in [0, 0.05) is 0 Å². The summed E-state index contributed by atoms with van der Waals surface area (Å²) in [5.74, 6) is 0. The molecule has 30 heavy (non-hydrogen) atoms. The van der Waals surface area contributed by atoms with Gasteiger partial charge in [0.2, 0.25) is 0 Å². The molecular formula is C22H18Cl2N6. The number of halogens is 2. The molecule has 0 fully saturated rings. The molecule has 8 heteroatoms. The fourth-order valence-electron chi connectivity index (χ4n) is 2.98. The largest absolute Gasteiger partial charge is 0.221 e. The quantitative estimate of drug-likeness (QED) is 0.309. The lowest BCUT2D eigenvalue weighted by atomic mass is 10.3. The Morgan fingerprint density at radius 3 is 1.40 bits per heavy atom. The number of nitrogens with zero attached hydrogens (tertiary/aromatic N) is 6. The maximum absolute atomic E-state index is 6.50. The molecule has 0 spiro atoms. The minimum Gasteiger partial charge on any atom is -0.221 e. The van der Waals surface area contributed by atoms with Gasteiger partial charge in [-0.1, -0.05) is 59.6 Å². The van der Waals surface area contributed by atoms with Gasteiger partial charge in [0.05, 0.1) is 46.3 Å². The summed E-state index contributed by atoms with van der Waals surface area (Å²) >= 11 is 13.0. The second-order valence-electron chi connectivity index (χ2n) is 6.56. The SMILES string of the molecule is Cc1nn(-c2ccccc2)c(Cl)c1/C=N/N=C/c1c(C)nn(-c2ccccc2)c1Cl. The molecule has 0 saturated carbocycles. The van der Waals surface area contributed by atoms with Gasteiger partial charge in [-0.2, -0.15) is 20.4 Å². The van der Waals surface area contributed by atoms with E-state index in [-0.39, 0.29) is 0 Å². The Balaban J connectivity index is 1.58. The molecule has 0 bridgehead atoms. The molecule has 0 aliphatic carbocycles. The highest BCUT2D eigenvalue weighted by atomic mass is 35.5. The lowest BCUT2D eigenvalue weighted by molar-refractivity contribution is 0.863. The molecule has 4 aromatic rings. The van der Waals surface area contributed by atoms with Crippen molar-refractivity contribution in [1.82, 2.24) is 19.6 Å². The van der Waals surface area contributed by atoms with Crippen LogP contribution in [0.25, 0.3) is 11.4 Å². The van der Waals surface area contributed by atoms with E-state index in [2.05, 4.69) is 20.4 Å². The Labute approximate surface area is 184 Å². The molecule has 2 aromatic carbocycles. The molecule has 0 saturated heterocycles. The normalized spacial score (nSPS) is 11.7. The summed E-state index contributed by atoms with van der Waals surface area (Å²) < 4.78 is 3.35. The molecule has 0 radical (unpaired) electrons. The molecule has 0 amide bonds. The van der Waals surface area contributed by atoms with Crippen molar-refractivity contribution in [2.24, 2.45) is 10.2 Å². The van der Waals surface area contributed by atoms with E-state index >= 15 is 0 Å². The number of rotatable bonds is 5. The van der Waals surface area contributed by atoms with Gasteiger partial charge in [-0.3, -0.25) is 0 Å². The van der Waals surface area contributed by atoms with Crippen LogP contribution in [0.5, 0.6) is 0 Å². The van der Waals surface area contributed by atoms with E-state index in [0.29, 0.717) is 21.4 Å². The second kappa shape index (κ2) is 8.65. The molecule has 0 aliphatic heterocycles. The van der Waals surface area contributed by atoms with Crippen molar-refractivity contribution in [2.45, 2.75) is 13.8 Å². The van der Waals surface area contributed by atoms with E-state index in [9.17, 15) is 0 Å². The minimum atomic E-state index is 0.476. The predicted octanol–water partition coefficient (Wildman–Crippen LogP) is 5.43. The zero-order chi connectivity index (χ0) is 21.1. The highest BCUT2D eigenvalue weighted by Gasteiger charge is 2.14. The van der Waals surface area contributed by atoms with E-state index in [1.165, 1.54) is 0 Å². The van der Waals surface area contributed by atoms with Crippen LogP contribution < -0.4 is 0 Å². The predicted molar refractivity (Wildman–Crippen MR) is 122 cm³/mol. The summed E-state index contributed by atoms with van der Waals surface area (Å²) in [5.41, 5.74) is 4.69. The van der Waals surface area contributed by atoms with Crippen molar-refractivity contribution in [3.05, 3.63) is 93.5 Å². The summed E-state index contributed by atoms with van der Waals surface area (Å²) in [4.78, 5) is 0. The first-order valence-corrected chi connectivity index (χ1v) is 9.99. The van der Waals surface area contributed by atoms with Gasteiger partial charge >= 0.3 is 0 Å². The first-order valence-electron chi connectivity index (χ1n) is 9.23. The maximum atomic E-state index is 6.50. The Kier molecular flexibility index (Phi) is 5.79. The summed E-state index contributed by atoms with van der Waals surface area (Å²) in [5, 5.41) is 18.2. The van der Waals surface area contributed by atoms with Gasteiger partial charge in [-0.25, -0.2) is 9.36 Å². The molecular weight excluding hydrogens is 419 g/mol. The molecule has 150 valence electrons. The van der Waals surface area contributed by atoms with Gasteiger partial charge in [-0.15, -0.1) is 0 Å². The Morgan fingerprint density at radius 1 is 0.667 bits per heavy atom. The summed E-state index contributed by atoms with van der Waals surface area (Å²) in [6, 6.07) is 19.4. The van der Waals surface area contributed by atoms with Crippen LogP contribution in [0.2, 0.25) is 10.3 Å². The summed E-state index contributed by atoms with van der Waals surface area (Å²) in [7, 11) is 0. The highest BCUT2D eigenvalue weighted by Crippen LogP contribution is 2.23. The highest BCUT2D eigenvalue weighted by molar-refractivity contribution is 6.33.